The molecule has 0 saturated heterocycles. The van der Waals surface area contributed by atoms with E-state index in [2.05, 4.69) is 5.32 Å². The van der Waals surface area contributed by atoms with Crippen LogP contribution < -0.4 is 9.62 Å². The summed E-state index contributed by atoms with van der Waals surface area (Å²) in [5.41, 5.74) is 2.93. The van der Waals surface area contributed by atoms with Crippen LogP contribution in [0, 0.1) is 13.8 Å². The molecule has 0 aromatic heterocycles. The molecule has 150 valence electrons. The van der Waals surface area contributed by atoms with Gasteiger partial charge in [0.15, 0.2) is 0 Å². The lowest BCUT2D eigenvalue weighted by molar-refractivity contribution is -0.114. The minimum atomic E-state index is -3.66. The van der Waals surface area contributed by atoms with E-state index < -0.39 is 21.9 Å². The number of amides is 1. The van der Waals surface area contributed by atoms with E-state index >= 15 is 0 Å². The number of benzene rings is 2. The van der Waals surface area contributed by atoms with Crippen LogP contribution in [0.5, 0.6) is 0 Å². The Balaban J connectivity index is 2.16. The number of rotatable bonds is 7. The number of nitrogens with one attached hydrogen (secondary N) is 1. The van der Waals surface area contributed by atoms with Crippen molar-refractivity contribution in [3.8, 4) is 0 Å². The molecule has 2 aromatic carbocycles. The number of carbonyl (C=O) groups excluding carboxylic acids is 2. The fraction of sp³-hybridized carbons (Fsp3) is 0.300. The quantitative estimate of drug-likeness (QED) is 0.717. The topological polar surface area (TPSA) is 92.8 Å². The SMILES string of the molecule is CCOC(=O)c1ccc(NC(=O)CN(c2cc(C)ccc2C)S(C)(=O)=O)cc1. The van der Waals surface area contributed by atoms with Gasteiger partial charge in [-0.2, -0.15) is 0 Å². The monoisotopic (exact) mass is 404 g/mol. The van der Waals surface area contributed by atoms with Gasteiger partial charge >= 0.3 is 5.97 Å². The van der Waals surface area contributed by atoms with E-state index in [1.807, 2.05) is 19.1 Å². The fourth-order valence-corrected chi connectivity index (χ4v) is 3.51. The van der Waals surface area contributed by atoms with Gasteiger partial charge in [-0.25, -0.2) is 13.2 Å². The summed E-state index contributed by atoms with van der Waals surface area (Å²) in [5.74, 6) is -0.936. The fourth-order valence-electron chi connectivity index (χ4n) is 2.60. The van der Waals surface area contributed by atoms with Crippen LogP contribution in [0.1, 0.15) is 28.4 Å². The number of anilines is 2. The van der Waals surface area contributed by atoms with Crippen LogP contribution in [0.3, 0.4) is 0 Å². The molecule has 0 saturated carbocycles. The van der Waals surface area contributed by atoms with Gasteiger partial charge in [-0.3, -0.25) is 9.10 Å². The van der Waals surface area contributed by atoms with Crippen LogP contribution in [-0.2, 0) is 19.6 Å². The maximum Gasteiger partial charge on any atom is 0.338 e. The van der Waals surface area contributed by atoms with Crippen molar-refractivity contribution in [1.29, 1.82) is 0 Å². The van der Waals surface area contributed by atoms with Crippen molar-refractivity contribution >= 4 is 33.3 Å². The van der Waals surface area contributed by atoms with Gasteiger partial charge in [0.05, 0.1) is 24.1 Å². The number of hydrogen-bond donors (Lipinski definition) is 1. The van der Waals surface area contributed by atoms with Crippen molar-refractivity contribution in [3.63, 3.8) is 0 Å². The first-order valence-corrected chi connectivity index (χ1v) is 10.6. The molecule has 1 N–H and O–H groups in total. The number of ether oxygens (including phenoxy) is 1. The Bertz CT molecular complexity index is 969. The van der Waals surface area contributed by atoms with Crippen molar-refractivity contribution in [1.82, 2.24) is 0 Å². The second kappa shape index (κ2) is 8.88. The number of sulfonamides is 1. The predicted octanol–water partition coefficient (Wildman–Crippen LogP) is 2.88. The summed E-state index contributed by atoms with van der Waals surface area (Å²) in [6.07, 6.45) is 1.07. The maximum absolute atomic E-state index is 12.5. The maximum atomic E-state index is 12.5. The molecule has 0 aliphatic heterocycles. The van der Waals surface area contributed by atoms with Gasteiger partial charge in [-0.15, -0.1) is 0 Å². The minimum Gasteiger partial charge on any atom is -0.462 e. The third-order valence-corrected chi connectivity index (χ3v) is 5.13. The third kappa shape index (κ3) is 5.56. The second-order valence-electron chi connectivity index (χ2n) is 6.41. The molecule has 0 radical (unpaired) electrons. The molecule has 0 aliphatic rings. The Hall–Kier alpha value is -2.87. The van der Waals surface area contributed by atoms with E-state index in [-0.39, 0.29) is 13.2 Å². The van der Waals surface area contributed by atoms with E-state index in [0.717, 1.165) is 21.7 Å². The molecule has 0 heterocycles. The van der Waals surface area contributed by atoms with E-state index in [1.165, 1.54) is 12.1 Å². The van der Waals surface area contributed by atoms with Crippen LogP contribution in [0.2, 0.25) is 0 Å². The minimum absolute atomic E-state index is 0.275. The standard InChI is InChI=1S/C20H24N2O5S/c1-5-27-20(24)16-8-10-17(11-9-16)21-19(23)13-22(28(4,25)26)18-12-14(2)6-7-15(18)3/h6-12H,5,13H2,1-4H3,(H,21,23). The van der Waals surface area contributed by atoms with Gasteiger partial charge in [0.1, 0.15) is 6.54 Å². The van der Waals surface area contributed by atoms with Crippen molar-refractivity contribution < 1.29 is 22.7 Å². The third-order valence-electron chi connectivity index (χ3n) is 4.00. The molecule has 2 rings (SSSR count). The zero-order valence-corrected chi connectivity index (χ0v) is 17.2. The number of carbonyl (C=O) groups is 2. The number of hydrogen-bond acceptors (Lipinski definition) is 5. The predicted molar refractivity (Wildman–Crippen MR) is 109 cm³/mol. The van der Waals surface area contributed by atoms with Gasteiger partial charge in [-0.1, -0.05) is 12.1 Å². The lowest BCUT2D eigenvalue weighted by Gasteiger charge is -2.24. The Kier molecular flexibility index (Phi) is 6.80. The summed E-state index contributed by atoms with van der Waals surface area (Å²) < 4.78 is 30.5. The zero-order chi connectivity index (χ0) is 20.9. The summed E-state index contributed by atoms with van der Waals surface area (Å²) in [6, 6.07) is 11.6. The first-order chi connectivity index (χ1) is 13.1. The lowest BCUT2D eigenvalue weighted by atomic mass is 10.1. The molecule has 7 nitrogen and oxygen atoms in total. The van der Waals surface area contributed by atoms with E-state index in [0.29, 0.717) is 16.9 Å². The lowest BCUT2D eigenvalue weighted by Crippen LogP contribution is -2.37. The first kappa shape index (κ1) is 21.4. The molecule has 8 heteroatoms. The van der Waals surface area contributed by atoms with Crippen molar-refractivity contribution in [2.75, 3.05) is 29.0 Å². The summed E-state index contributed by atoms with van der Waals surface area (Å²) in [6.45, 7) is 5.28. The van der Waals surface area contributed by atoms with Gasteiger partial charge in [0, 0.05) is 5.69 Å². The molecule has 2 aromatic rings. The number of nitrogens with zero attached hydrogens (tertiary/aromatic N) is 1. The van der Waals surface area contributed by atoms with Crippen molar-refractivity contribution in [3.05, 3.63) is 59.2 Å². The first-order valence-electron chi connectivity index (χ1n) is 8.74. The Labute approximate surface area is 165 Å². The van der Waals surface area contributed by atoms with Crippen molar-refractivity contribution in [2.24, 2.45) is 0 Å². The smallest absolute Gasteiger partial charge is 0.338 e. The van der Waals surface area contributed by atoms with Gasteiger partial charge in [0.25, 0.3) is 0 Å². The summed E-state index contributed by atoms with van der Waals surface area (Å²) in [4.78, 5) is 24.1. The highest BCUT2D eigenvalue weighted by Crippen LogP contribution is 2.24. The van der Waals surface area contributed by atoms with E-state index in [1.54, 1.807) is 32.0 Å². The molecule has 28 heavy (non-hydrogen) atoms. The Morgan fingerprint density at radius 3 is 2.29 bits per heavy atom. The molecular weight excluding hydrogens is 380 g/mol. The molecule has 0 bridgehead atoms. The highest BCUT2D eigenvalue weighted by Gasteiger charge is 2.22. The molecule has 0 spiro atoms. The molecule has 0 aliphatic carbocycles. The van der Waals surface area contributed by atoms with Crippen LogP contribution in [0.15, 0.2) is 42.5 Å². The van der Waals surface area contributed by atoms with Crippen LogP contribution >= 0.6 is 0 Å². The van der Waals surface area contributed by atoms with Crippen LogP contribution in [0.4, 0.5) is 11.4 Å². The summed E-state index contributed by atoms with van der Waals surface area (Å²) in [7, 11) is -3.66. The summed E-state index contributed by atoms with van der Waals surface area (Å²) in [5, 5.41) is 2.65. The Morgan fingerprint density at radius 2 is 1.71 bits per heavy atom. The highest BCUT2D eigenvalue weighted by atomic mass is 32.2. The molecule has 0 unspecified atom stereocenters. The van der Waals surface area contributed by atoms with Crippen molar-refractivity contribution in [2.45, 2.75) is 20.8 Å². The average molecular weight is 404 g/mol. The molecule has 1 amide bonds. The highest BCUT2D eigenvalue weighted by molar-refractivity contribution is 7.92. The second-order valence-corrected chi connectivity index (χ2v) is 8.31. The van der Waals surface area contributed by atoms with Crippen LogP contribution in [0.25, 0.3) is 0 Å². The van der Waals surface area contributed by atoms with Crippen LogP contribution in [-0.4, -0.2) is 39.7 Å². The average Bonchev–Trinajstić information content (AvgIpc) is 2.62. The van der Waals surface area contributed by atoms with E-state index in [9.17, 15) is 18.0 Å². The Morgan fingerprint density at radius 1 is 1.07 bits per heavy atom. The van der Waals surface area contributed by atoms with Gasteiger partial charge < -0.3 is 10.1 Å². The van der Waals surface area contributed by atoms with E-state index in [4.69, 9.17) is 4.74 Å². The molecule has 0 fully saturated rings. The zero-order valence-electron chi connectivity index (χ0n) is 16.4. The normalized spacial score (nSPS) is 11.0. The summed E-state index contributed by atoms with van der Waals surface area (Å²) >= 11 is 0. The van der Waals surface area contributed by atoms with Gasteiger partial charge in [0.2, 0.25) is 15.9 Å². The molecular formula is C20H24N2O5S. The van der Waals surface area contributed by atoms with Gasteiger partial charge in [-0.05, 0) is 62.2 Å². The largest absolute Gasteiger partial charge is 0.462 e. The number of esters is 1. The molecule has 0 atom stereocenters. The number of aryl methyl sites for hydroxylation is 2.